The van der Waals surface area contributed by atoms with Crippen molar-refractivity contribution in [3.8, 4) is 0 Å². The lowest BCUT2D eigenvalue weighted by molar-refractivity contribution is 0.0587. The zero-order valence-electron chi connectivity index (χ0n) is 15.0. The van der Waals surface area contributed by atoms with Crippen LogP contribution >= 0.6 is 0 Å². The Morgan fingerprint density at radius 1 is 1.08 bits per heavy atom. The van der Waals surface area contributed by atoms with Crippen molar-refractivity contribution < 1.29 is 5.11 Å². The van der Waals surface area contributed by atoms with E-state index in [4.69, 9.17) is 0 Å². The van der Waals surface area contributed by atoms with Crippen molar-refractivity contribution in [2.24, 2.45) is 0 Å². The molecule has 0 fully saturated rings. The first-order valence-corrected chi connectivity index (χ1v) is 8.57. The van der Waals surface area contributed by atoms with Crippen LogP contribution in [0.3, 0.4) is 0 Å². The average Bonchev–Trinajstić information content (AvgIpc) is 3.06. The Labute approximate surface area is 151 Å². The summed E-state index contributed by atoms with van der Waals surface area (Å²) in [5.74, 6) is 1.27. The number of nitrogens with zero attached hydrogens (tertiary/aromatic N) is 4. The van der Waals surface area contributed by atoms with Gasteiger partial charge < -0.3 is 10.4 Å². The Bertz CT molecular complexity index is 1080. The Morgan fingerprint density at radius 2 is 1.85 bits per heavy atom. The smallest absolute Gasteiger partial charge is 0.254 e. The lowest BCUT2D eigenvalue weighted by Gasteiger charge is -2.31. The highest BCUT2D eigenvalue weighted by atomic mass is 16.3. The Kier molecular flexibility index (Phi) is 3.85. The van der Waals surface area contributed by atoms with Gasteiger partial charge in [0.15, 0.2) is 0 Å². The van der Waals surface area contributed by atoms with Gasteiger partial charge in [-0.05, 0) is 43.2 Å². The average molecular weight is 347 g/mol. The molecule has 0 aliphatic heterocycles. The number of aliphatic hydroxyl groups is 1. The number of hydrogen-bond donors (Lipinski definition) is 2. The number of anilines is 1. The standard InChI is InChI=1S/C20H21N5O/c1-13-10-17(25-19(23-13)21-12-22-25)24-18(20(2,3)26)16-9-8-14-6-4-5-7-15(14)11-16/h4-12,18,24,26H,1-3H3/t18-/m1/s1. The van der Waals surface area contributed by atoms with Crippen molar-refractivity contribution in [3.63, 3.8) is 0 Å². The third-order valence-corrected chi connectivity index (χ3v) is 4.49. The van der Waals surface area contributed by atoms with Crippen LogP contribution in [0.2, 0.25) is 0 Å². The summed E-state index contributed by atoms with van der Waals surface area (Å²) < 4.78 is 1.65. The predicted octanol–water partition coefficient (Wildman–Crippen LogP) is 3.51. The number of fused-ring (bicyclic) bond motifs is 2. The van der Waals surface area contributed by atoms with Gasteiger partial charge in [-0.15, -0.1) is 0 Å². The molecule has 2 heterocycles. The van der Waals surface area contributed by atoms with Gasteiger partial charge in [-0.2, -0.15) is 14.6 Å². The number of hydrogen-bond acceptors (Lipinski definition) is 5. The molecule has 26 heavy (non-hydrogen) atoms. The third-order valence-electron chi connectivity index (χ3n) is 4.49. The van der Waals surface area contributed by atoms with Crippen molar-refractivity contribution >= 4 is 22.4 Å². The van der Waals surface area contributed by atoms with Crippen LogP contribution in [0.15, 0.2) is 54.9 Å². The zero-order chi connectivity index (χ0) is 18.3. The highest BCUT2D eigenvalue weighted by Gasteiger charge is 2.29. The summed E-state index contributed by atoms with van der Waals surface area (Å²) in [5, 5.41) is 20.8. The van der Waals surface area contributed by atoms with Crippen LogP contribution in [0.4, 0.5) is 5.82 Å². The third kappa shape index (κ3) is 2.99. The van der Waals surface area contributed by atoms with Crippen molar-refractivity contribution in [1.29, 1.82) is 0 Å². The molecule has 6 nitrogen and oxygen atoms in total. The largest absolute Gasteiger partial charge is 0.388 e. The highest BCUT2D eigenvalue weighted by molar-refractivity contribution is 5.83. The molecular weight excluding hydrogens is 326 g/mol. The van der Waals surface area contributed by atoms with Gasteiger partial charge in [-0.1, -0.05) is 36.4 Å². The molecule has 4 rings (SSSR count). The zero-order valence-corrected chi connectivity index (χ0v) is 15.0. The second kappa shape index (κ2) is 6.07. The topological polar surface area (TPSA) is 75.3 Å². The summed E-state index contributed by atoms with van der Waals surface area (Å²) in [4.78, 5) is 8.53. The first-order valence-electron chi connectivity index (χ1n) is 8.57. The maximum Gasteiger partial charge on any atom is 0.254 e. The molecule has 0 amide bonds. The molecule has 6 heteroatoms. The number of aromatic nitrogens is 4. The second-order valence-corrected chi connectivity index (χ2v) is 7.09. The Morgan fingerprint density at radius 3 is 2.62 bits per heavy atom. The minimum Gasteiger partial charge on any atom is -0.388 e. The van der Waals surface area contributed by atoms with Gasteiger partial charge in [0.25, 0.3) is 5.78 Å². The maximum absolute atomic E-state index is 10.8. The summed E-state index contributed by atoms with van der Waals surface area (Å²) in [6.07, 6.45) is 1.47. The van der Waals surface area contributed by atoms with Gasteiger partial charge in [0.2, 0.25) is 0 Å². The first kappa shape index (κ1) is 16.5. The minimum absolute atomic E-state index is 0.332. The highest BCUT2D eigenvalue weighted by Crippen LogP contribution is 2.31. The maximum atomic E-state index is 10.8. The van der Waals surface area contributed by atoms with Crippen molar-refractivity contribution in [2.75, 3.05) is 5.32 Å². The van der Waals surface area contributed by atoms with Crippen molar-refractivity contribution in [2.45, 2.75) is 32.4 Å². The molecule has 2 aromatic heterocycles. The fourth-order valence-corrected chi connectivity index (χ4v) is 3.24. The number of aryl methyl sites for hydroxylation is 1. The molecule has 0 saturated heterocycles. The summed E-state index contributed by atoms with van der Waals surface area (Å²) in [6, 6.07) is 16.0. The van der Waals surface area contributed by atoms with E-state index in [-0.39, 0.29) is 6.04 Å². The van der Waals surface area contributed by atoms with Crippen LogP contribution in [0.1, 0.15) is 31.1 Å². The second-order valence-electron chi connectivity index (χ2n) is 7.09. The predicted molar refractivity (Wildman–Crippen MR) is 102 cm³/mol. The molecule has 2 N–H and O–H groups in total. The van der Waals surface area contributed by atoms with E-state index < -0.39 is 5.60 Å². The van der Waals surface area contributed by atoms with Gasteiger partial charge in [-0.25, -0.2) is 4.98 Å². The number of rotatable bonds is 4. The Hall–Kier alpha value is -2.99. The van der Waals surface area contributed by atoms with E-state index in [2.05, 4.69) is 44.6 Å². The molecule has 0 spiro atoms. The lowest BCUT2D eigenvalue weighted by Crippen LogP contribution is -2.35. The molecule has 1 atom stereocenters. The van der Waals surface area contributed by atoms with E-state index in [0.717, 1.165) is 22.5 Å². The van der Waals surface area contributed by atoms with Gasteiger partial charge in [0.05, 0.1) is 11.6 Å². The summed E-state index contributed by atoms with van der Waals surface area (Å²) in [5.41, 5.74) is 0.840. The molecular formula is C20H21N5O. The summed E-state index contributed by atoms with van der Waals surface area (Å²) in [6.45, 7) is 5.51. The van der Waals surface area contributed by atoms with E-state index in [1.807, 2.05) is 31.2 Å². The molecule has 0 aliphatic rings. The molecule has 0 unspecified atom stereocenters. The minimum atomic E-state index is -0.994. The fourth-order valence-electron chi connectivity index (χ4n) is 3.24. The van der Waals surface area contributed by atoms with Gasteiger partial charge in [-0.3, -0.25) is 0 Å². The van der Waals surface area contributed by atoms with Crippen molar-refractivity contribution in [1.82, 2.24) is 19.6 Å². The summed E-state index contributed by atoms with van der Waals surface area (Å²) >= 11 is 0. The van der Waals surface area contributed by atoms with E-state index in [1.54, 1.807) is 18.4 Å². The van der Waals surface area contributed by atoms with Crippen molar-refractivity contribution in [3.05, 3.63) is 66.1 Å². The monoisotopic (exact) mass is 347 g/mol. The molecule has 0 aliphatic carbocycles. The van der Waals surface area contributed by atoms with Crippen LogP contribution in [0.5, 0.6) is 0 Å². The summed E-state index contributed by atoms with van der Waals surface area (Å²) in [7, 11) is 0. The SMILES string of the molecule is Cc1cc(N[C@H](c2ccc3ccccc3c2)C(C)(C)O)n2ncnc2n1. The lowest BCUT2D eigenvalue weighted by atomic mass is 9.90. The van der Waals surface area contributed by atoms with Crippen LogP contribution in [-0.2, 0) is 0 Å². The first-order chi connectivity index (χ1) is 12.4. The number of nitrogens with one attached hydrogen (secondary N) is 1. The molecule has 0 bridgehead atoms. The molecule has 2 aromatic carbocycles. The number of benzene rings is 2. The normalized spacial score (nSPS) is 13.2. The van der Waals surface area contributed by atoms with Crippen LogP contribution in [-0.4, -0.2) is 30.3 Å². The van der Waals surface area contributed by atoms with E-state index in [0.29, 0.717) is 5.78 Å². The van der Waals surface area contributed by atoms with E-state index in [9.17, 15) is 5.11 Å². The van der Waals surface area contributed by atoms with E-state index >= 15 is 0 Å². The Balaban J connectivity index is 1.81. The van der Waals surface area contributed by atoms with Crippen LogP contribution in [0, 0.1) is 6.92 Å². The molecule has 0 radical (unpaired) electrons. The molecule has 132 valence electrons. The van der Waals surface area contributed by atoms with Crippen LogP contribution < -0.4 is 5.32 Å². The molecule has 0 saturated carbocycles. The quantitative estimate of drug-likeness (QED) is 0.591. The fraction of sp³-hybridized carbons (Fsp3) is 0.250. The van der Waals surface area contributed by atoms with Crippen LogP contribution in [0.25, 0.3) is 16.6 Å². The van der Waals surface area contributed by atoms with Gasteiger partial charge in [0, 0.05) is 11.8 Å². The van der Waals surface area contributed by atoms with Gasteiger partial charge in [0.1, 0.15) is 12.1 Å². The van der Waals surface area contributed by atoms with E-state index in [1.165, 1.54) is 11.7 Å². The molecule has 4 aromatic rings. The van der Waals surface area contributed by atoms with Gasteiger partial charge >= 0.3 is 0 Å².